The Kier molecular flexibility index (Phi) is 4.15. The van der Waals surface area contributed by atoms with Crippen LogP contribution in [0, 0.1) is 26.7 Å². The zero-order valence-corrected chi connectivity index (χ0v) is 14.6. The summed E-state index contributed by atoms with van der Waals surface area (Å²) in [6.07, 6.45) is 0.829. The van der Waals surface area contributed by atoms with Crippen LogP contribution in [-0.2, 0) is 14.4 Å². The van der Waals surface area contributed by atoms with Gasteiger partial charge in [0.15, 0.2) is 5.78 Å². The van der Waals surface area contributed by atoms with Gasteiger partial charge in [-0.15, -0.1) is 0 Å². The molecule has 0 spiro atoms. The van der Waals surface area contributed by atoms with E-state index >= 15 is 0 Å². The first-order chi connectivity index (χ1) is 10.8. The van der Waals surface area contributed by atoms with Gasteiger partial charge in [-0.3, -0.25) is 14.4 Å². The van der Waals surface area contributed by atoms with Crippen molar-refractivity contribution < 1.29 is 14.4 Å². The summed E-state index contributed by atoms with van der Waals surface area (Å²) in [6, 6.07) is 4.24. The summed E-state index contributed by atoms with van der Waals surface area (Å²) in [7, 11) is 1.86. The Labute approximate surface area is 137 Å². The summed E-state index contributed by atoms with van der Waals surface area (Å²) < 4.78 is 0. The summed E-state index contributed by atoms with van der Waals surface area (Å²) in [6.45, 7) is 8.07. The number of nitrogens with zero attached hydrogens (tertiary/aromatic N) is 1. The number of aryl methyl sites for hydroxylation is 3. The van der Waals surface area contributed by atoms with Crippen molar-refractivity contribution in [3.8, 4) is 0 Å². The normalized spacial score (nSPS) is 31.5. The lowest BCUT2D eigenvalue weighted by Crippen LogP contribution is -2.44. The monoisotopic (exact) mass is 315 g/mol. The van der Waals surface area contributed by atoms with Gasteiger partial charge in [-0.25, -0.2) is 0 Å². The van der Waals surface area contributed by atoms with Crippen LogP contribution in [0.4, 0.5) is 0 Å². The molecule has 2 fully saturated rings. The predicted octanol–water partition coefficient (Wildman–Crippen LogP) is 2.88. The molecule has 4 atom stereocenters. The summed E-state index contributed by atoms with van der Waals surface area (Å²) >= 11 is 0. The van der Waals surface area contributed by atoms with Crippen molar-refractivity contribution in [2.45, 2.75) is 58.6 Å². The van der Waals surface area contributed by atoms with Crippen LogP contribution in [0.15, 0.2) is 12.1 Å². The van der Waals surface area contributed by atoms with E-state index in [9.17, 15) is 9.59 Å². The molecule has 1 saturated heterocycles. The van der Waals surface area contributed by atoms with Gasteiger partial charge in [0.05, 0.1) is 0 Å². The first kappa shape index (κ1) is 16.3. The number of benzene rings is 1. The molecule has 4 heteroatoms. The number of carbonyl (C=O) groups is 2. The molecule has 1 aliphatic heterocycles. The van der Waals surface area contributed by atoms with E-state index in [1.807, 2.05) is 40.0 Å². The average molecular weight is 315 g/mol. The zero-order valence-electron chi connectivity index (χ0n) is 14.6. The van der Waals surface area contributed by atoms with Crippen LogP contribution in [0.25, 0.3) is 0 Å². The van der Waals surface area contributed by atoms with Crippen LogP contribution in [0.2, 0.25) is 0 Å². The topological polar surface area (TPSA) is 46.6 Å². The largest absolute Gasteiger partial charge is 0.299 e. The van der Waals surface area contributed by atoms with Crippen LogP contribution < -0.4 is 0 Å². The number of carbonyl (C=O) groups excluding carboxylic acids is 2. The van der Waals surface area contributed by atoms with Crippen LogP contribution in [-0.4, -0.2) is 35.8 Å². The number of rotatable bonds is 2. The van der Waals surface area contributed by atoms with Crippen molar-refractivity contribution in [2.24, 2.45) is 5.92 Å². The number of hydroxylamine groups is 2. The second kappa shape index (κ2) is 5.84. The third-order valence-corrected chi connectivity index (χ3v) is 5.40. The molecular formula is C19H25NO3. The Morgan fingerprint density at radius 1 is 1.17 bits per heavy atom. The Bertz CT molecular complexity index is 644. The maximum atomic E-state index is 13.0. The summed E-state index contributed by atoms with van der Waals surface area (Å²) in [5, 5.41) is 1.78. The molecule has 1 aliphatic carbocycles. The molecule has 1 aromatic carbocycles. The SMILES string of the molecule is CCC1C2CC(=O)C(c3c(C)cc(C)cc3C)C(=O)C2ON1C. The number of hydrogen-bond donors (Lipinski definition) is 0. The van der Waals surface area contributed by atoms with Gasteiger partial charge in [0, 0.05) is 25.4 Å². The van der Waals surface area contributed by atoms with Gasteiger partial charge >= 0.3 is 0 Å². The van der Waals surface area contributed by atoms with Gasteiger partial charge in [0.2, 0.25) is 0 Å². The molecule has 23 heavy (non-hydrogen) atoms. The van der Waals surface area contributed by atoms with Gasteiger partial charge in [0.1, 0.15) is 17.8 Å². The molecule has 3 rings (SSSR count). The van der Waals surface area contributed by atoms with Crippen LogP contribution in [0.3, 0.4) is 0 Å². The molecule has 1 aromatic rings. The zero-order chi connectivity index (χ0) is 16.9. The highest BCUT2D eigenvalue weighted by atomic mass is 16.7. The van der Waals surface area contributed by atoms with Crippen LogP contribution in [0.5, 0.6) is 0 Å². The maximum absolute atomic E-state index is 13.0. The van der Waals surface area contributed by atoms with E-state index in [4.69, 9.17) is 4.84 Å². The van der Waals surface area contributed by atoms with E-state index in [1.54, 1.807) is 5.06 Å². The predicted molar refractivity (Wildman–Crippen MR) is 88.2 cm³/mol. The second-order valence-corrected chi connectivity index (χ2v) is 7.03. The molecule has 0 amide bonds. The summed E-state index contributed by atoms with van der Waals surface area (Å²) in [5.41, 5.74) is 4.08. The van der Waals surface area contributed by atoms with E-state index in [1.165, 1.54) is 0 Å². The van der Waals surface area contributed by atoms with Crippen molar-refractivity contribution >= 4 is 11.6 Å². The van der Waals surface area contributed by atoms with Crippen molar-refractivity contribution in [2.75, 3.05) is 7.05 Å². The minimum atomic E-state index is -0.666. The molecule has 1 heterocycles. The average Bonchev–Trinajstić information content (AvgIpc) is 2.77. The Balaban J connectivity index is 2.01. The minimum absolute atomic E-state index is 0.00712. The molecule has 124 valence electrons. The summed E-state index contributed by atoms with van der Waals surface area (Å²) in [5.74, 6) is -0.694. The quantitative estimate of drug-likeness (QED) is 0.787. The third kappa shape index (κ3) is 2.54. The lowest BCUT2D eigenvalue weighted by molar-refractivity contribution is -0.166. The molecule has 2 aliphatic rings. The first-order valence-corrected chi connectivity index (χ1v) is 8.39. The van der Waals surface area contributed by atoms with Gasteiger partial charge in [-0.1, -0.05) is 24.6 Å². The Morgan fingerprint density at radius 3 is 2.35 bits per heavy atom. The molecule has 4 nitrogen and oxygen atoms in total. The van der Waals surface area contributed by atoms with Crippen molar-refractivity contribution in [3.05, 3.63) is 34.4 Å². The first-order valence-electron chi connectivity index (χ1n) is 8.39. The lowest BCUT2D eigenvalue weighted by Gasteiger charge is -2.31. The molecule has 1 saturated carbocycles. The second-order valence-electron chi connectivity index (χ2n) is 7.03. The number of ketones is 2. The molecule has 0 N–H and O–H groups in total. The molecule has 0 bridgehead atoms. The fraction of sp³-hybridized carbons (Fsp3) is 0.579. The molecule has 4 unspecified atom stereocenters. The van der Waals surface area contributed by atoms with Crippen molar-refractivity contribution in [3.63, 3.8) is 0 Å². The highest BCUT2D eigenvalue weighted by Crippen LogP contribution is 2.42. The van der Waals surface area contributed by atoms with E-state index in [2.05, 4.69) is 6.92 Å². The number of Topliss-reactive ketones (excluding diaryl/α,β-unsaturated/α-hetero) is 2. The van der Waals surface area contributed by atoms with Crippen LogP contribution >= 0.6 is 0 Å². The highest BCUT2D eigenvalue weighted by molar-refractivity contribution is 6.12. The molecule has 0 aromatic heterocycles. The highest BCUT2D eigenvalue weighted by Gasteiger charge is 2.53. The van der Waals surface area contributed by atoms with E-state index < -0.39 is 12.0 Å². The fourth-order valence-electron chi connectivity index (χ4n) is 4.50. The lowest BCUT2D eigenvalue weighted by atomic mass is 9.71. The Hall–Kier alpha value is -1.52. The van der Waals surface area contributed by atoms with Crippen molar-refractivity contribution in [1.29, 1.82) is 0 Å². The summed E-state index contributed by atoms with van der Waals surface area (Å²) in [4.78, 5) is 31.7. The fourth-order valence-corrected chi connectivity index (χ4v) is 4.50. The maximum Gasteiger partial charge on any atom is 0.178 e. The molecule has 0 radical (unpaired) electrons. The number of fused-ring (bicyclic) bond motifs is 1. The standard InChI is InChI=1S/C19H25NO3/c1-6-14-13-9-15(21)17(18(22)19(13)23-20(14)5)16-11(3)7-10(2)8-12(16)4/h7-8,13-14,17,19H,6,9H2,1-5H3. The van der Waals surface area contributed by atoms with Crippen molar-refractivity contribution in [1.82, 2.24) is 5.06 Å². The van der Waals surface area contributed by atoms with E-state index in [0.717, 1.165) is 28.7 Å². The van der Waals surface area contributed by atoms with E-state index in [0.29, 0.717) is 6.42 Å². The van der Waals surface area contributed by atoms with Gasteiger partial charge in [0.25, 0.3) is 0 Å². The van der Waals surface area contributed by atoms with Gasteiger partial charge in [-0.05, 0) is 43.9 Å². The third-order valence-electron chi connectivity index (χ3n) is 5.40. The van der Waals surface area contributed by atoms with E-state index in [-0.39, 0.29) is 23.5 Å². The smallest absolute Gasteiger partial charge is 0.178 e. The Morgan fingerprint density at radius 2 is 1.78 bits per heavy atom. The number of hydrogen-bond acceptors (Lipinski definition) is 4. The molecular weight excluding hydrogens is 290 g/mol. The van der Waals surface area contributed by atoms with Crippen LogP contribution in [0.1, 0.15) is 47.9 Å². The minimum Gasteiger partial charge on any atom is -0.299 e. The van der Waals surface area contributed by atoms with Gasteiger partial charge < -0.3 is 0 Å². The van der Waals surface area contributed by atoms with Gasteiger partial charge in [-0.2, -0.15) is 5.06 Å².